The minimum atomic E-state index is 0.217. The maximum Gasteiger partial charge on any atom is 0.174 e. The van der Waals surface area contributed by atoms with Crippen molar-refractivity contribution in [2.24, 2.45) is 0 Å². The van der Waals surface area contributed by atoms with E-state index in [0.29, 0.717) is 6.61 Å². The van der Waals surface area contributed by atoms with Crippen molar-refractivity contribution in [1.29, 1.82) is 0 Å². The summed E-state index contributed by atoms with van der Waals surface area (Å²) in [6.45, 7) is 7.77. The number of nitrogens with zero attached hydrogens (tertiary/aromatic N) is 1. The number of aryl methyl sites for hydroxylation is 2. The molecule has 0 fully saturated rings. The molecular formula is C18H24N2OS2. The first-order chi connectivity index (χ1) is 11.0. The number of methoxy groups -OCH3 is 1. The van der Waals surface area contributed by atoms with Crippen LogP contribution in [0.4, 0.5) is 5.69 Å². The molecule has 0 aliphatic heterocycles. The summed E-state index contributed by atoms with van der Waals surface area (Å²) in [5.74, 6) is 0. The second-order valence-corrected chi connectivity index (χ2v) is 6.94. The number of para-hydroxylation sites is 1. The monoisotopic (exact) mass is 348 g/mol. The van der Waals surface area contributed by atoms with Gasteiger partial charge in [0, 0.05) is 24.2 Å². The molecule has 2 rings (SSSR count). The van der Waals surface area contributed by atoms with Crippen LogP contribution in [0, 0.1) is 13.8 Å². The van der Waals surface area contributed by atoms with Gasteiger partial charge < -0.3 is 15.0 Å². The lowest BCUT2D eigenvalue weighted by molar-refractivity contribution is 0.166. The topological polar surface area (TPSA) is 24.5 Å². The Morgan fingerprint density at radius 2 is 1.96 bits per heavy atom. The number of hydrogen-bond acceptors (Lipinski definition) is 3. The fourth-order valence-corrected chi connectivity index (χ4v) is 3.68. The summed E-state index contributed by atoms with van der Waals surface area (Å²) >= 11 is 7.46. The largest absolute Gasteiger partial charge is 0.383 e. The molecule has 1 atom stereocenters. The summed E-state index contributed by atoms with van der Waals surface area (Å²) in [6.07, 6.45) is 0. The summed E-state index contributed by atoms with van der Waals surface area (Å²) in [6, 6.07) is 10.7. The van der Waals surface area contributed by atoms with Crippen LogP contribution in [-0.4, -0.2) is 30.3 Å². The number of nitrogens with one attached hydrogen (secondary N) is 1. The van der Waals surface area contributed by atoms with Crippen LogP contribution in [0.2, 0.25) is 0 Å². The molecule has 0 aliphatic rings. The van der Waals surface area contributed by atoms with E-state index < -0.39 is 0 Å². The Morgan fingerprint density at radius 1 is 1.26 bits per heavy atom. The molecule has 0 radical (unpaired) electrons. The lowest BCUT2D eigenvalue weighted by Gasteiger charge is -2.31. The molecule has 0 saturated carbocycles. The van der Waals surface area contributed by atoms with Crippen LogP contribution in [0.5, 0.6) is 0 Å². The minimum absolute atomic E-state index is 0.217. The van der Waals surface area contributed by atoms with Gasteiger partial charge in [0.2, 0.25) is 0 Å². The molecule has 0 spiro atoms. The second kappa shape index (κ2) is 8.43. The molecule has 0 saturated heterocycles. The minimum Gasteiger partial charge on any atom is -0.383 e. The van der Waals surface area contributed by atoms with Crippen LogP contribution in [0.3, 0.4) is 0 Å². The number of rotatable bonds is 6. The molecule has 2 aromatic rings. The predicted molar refractivity (Wildman–Crippen MR) is 103 cm³/mol. The van der Waals surface area contributed by atoms with E-state index in [9.17, 15) is 0 Å². The third-order valence-electron chi connectivity index (χ3n) is 3.93. The Bertz CT molecular complexity index is 620. The Morgan fingerprint density at radius 3 is 2.52 bits per heavy atom. The first-order valence-electron chi connectivity index (χ1n) is 7.70. The first kappa shape index (κ1) is 17.9. The van der Waals surface area contributed by atoms with E-state index in [-0.39, 0.29) is 6.04 Å². The summed E-state index contributed by atoms with van der Waals surface area (Å²) in [5, 5.41) is 6.27. The van der Waals surface area contributed by atoms with Crippen molar-refractivity contribution in [2.75, 3.05) is 25.6 Å². The highest BCUT2D eigenvalue weighted by Gasteiger charge is 2.20. The average Bonchev–Trinajstić information content (AvgIpc) is 3.05. The van der Waals surface area contributed by atoms with E-state index in [1.54, 1.807) is 18.4 Å². The van der Waals surface area contributed by atoms with Crippen LogP contribution in [0.15, 0.2) is 35.7 Å². The quantitative estimate of drug-likeness (QED) is 0.760. The van der Waals surface area contributed by atoms with Crippen molar-refractivity contribution in [3.63, 3.8) is 0 Å². The van der Waals surface area contributed by atoms with Gasteiger partial charge in [0.15, 0.2) is 5.11 Å². The molecule has 23 heavy (non-hydrogen) atoms. The van der Waals surface area contributed by atoms with Crippen molar-refractivity contribution in [3.8, 4) is 0 Å². The fraction of sp³-hybridized carbons (Fsp3) is 0.389. The second-order valence-electron chi connectivity index (χ2n) is 5.57. The van der Waals surface area contributed by atoms with Gasteiger partial charge in [-0.05, 0) is 55.6 Å². The number of thiophene rings is 1. The smallest absolute Gasteiger partial charge is 0.174 e. The zero-order valence-electron chi connectivity index (χ0n) is 14.1. The van der Waals surface area contributed by atoms with E-state index in [1.165, 1.54) is 16.0 Å². The van der Waals surface area contributed by atoms with Crippen molar-refractivity contribution in [2.45, 2.75) is 26.8 Å². The van der Waals surface area contributed by atoms with Gasteiger partial charge in [0.1, 0.15) is 0 Å². The Balaban J connectivity index is 2.19. The van der Waals surface area contributed by atoms with E-state index in [2.05, 4.69) is 66.7 Å². The van der Waals surface area contributed by atoms with E-state index in [4.69, 9.17) is 17.0 Å². The molecule has 1 N–H and O–H groups in total. The Kier molecular flexibility index (Phi) is 6.57. The molecule has 124 valence electrons. The molecule has 1 aromatic carbocycles. The first-order valence-corrected chi connectivity index (χ1v) is 8.99. The molecular weight excluding hydrogens is 324 g/mol. The van der Waals surface area contributed by atoms with Crippen LogP contribution in [-0.2, 0) is 4.74 Å². The highest BCUT2D eigenvalue weighted by Crippen LogP contribution is 2.26. The molecule has 0 aliphatic carbocycles. The average molecular weight is 349 g/mol. The standard InChI is InChI=1S/C18H24N2OS2/c1-13-7-5-8-14(2)17(13)19-18(22)20(10-11-21-4)15(3)16-9-6-12-23-16/h5-9,12,15H,10-11H2,1-4H3,(H,19,22)/t15-/m0/s1. The summed E-state index contributed by atoms with van der Waals surface area (Å²) in [4.78, 5) is 3.49. The van der Waals surface area contributed by atoms with E-state index in [1.807, 2.05) is 0 Å². The SMILES string of the molecule is COCCN(C(=S)Nc1c(C)cccc1C)[C@@H](C)c1cccs1. The number of benzene rings is 1. The Labute approximate surface area is 148 Å². The molecule has 1 heterocycles. The molecule has 3 nitrogen and oxygen atoms in total. The fourth-order valence-electron chi connectivity index (χ4n) is 2.53. The molecule has 1 aromatic heterocycles. The van der Waals surface area contributed by atoms with Gasteiger partial charge in [-0.1, -0.05) is 24.3 Å². The lowest BCUT2D eigenvalue weighted by atomic mass is 10.1. The third kappa shape index (κ3) is 4.53. The van der Waals surface area contributed by atoms with Gasteiger partial charge in [0.05, 0.1) is 12.6 Å². The summed E-state index contributed by atoms with van der Waals surface area (Å²) < 4.78 is 5.26. The zero-order chi connectivity index (χ0) is 16.8. The lowest BCUT2D eigenvalue weighted by Crippen LogP contribution is -2.39. The van der Waals surface area contributed by atoms with Gasteiger partial charge >= 0.3 is 0 Å². The normalized spacial score (nSPS) is 12.0. The van der Waals surface area contributed by atoms with Crippen LogP contribution in [0.25, 0.3) is 0 Å². The number of thiocarbonyl (C=S) groups is 1. The van der Waals surface area contributed by atoms with E-state index >= 15 is 0 Å². The Hall–Kier alpha value is -1.43. The van der Waals surface area contributed by atoms with Gasteiger partial charge in [-0.2, -0.15) is 0 Å². The number of anilines is 1. The van der Waals surface area contributed by atoms with Gasteiger partial charge in [-0.25, -0.2) is 0 Å². The molecule has 0 amide bonds. The van der Waals surface area contributed by atoms with Crippen molar-refractivity contribution in [3.05, 3.63) is 51.7 Å². The van der Waals surface area contributed by atoms with Gasteiger partial charge in [-0.15, -0.1) is 11.3 Å². The zero-order valence-corrected chi connectivity index (χ0v) is 15.8. The predicted octanol–water partition coefficient (Wildman–Crippen LogP) is 4.77. The maximum absolute atomic E-state index is 5.70. The van der Waals surface area contributed by atoms with Crippen molar-refractivity contribution in [1.82, 2.24) is 4.90 Å². The molecule has 0 bridgehead atoms. The van der Waals surface area contributed by atoms with Crippen LogP contribution in [0.1, 0.15) is 29.0 Å². The molecule has 5 heteroatoms. The van der Waals surface area contributed by atoms with Crippen molar-refractivity contribution >= 4 is 34.4 Å². The van der Waals surface area contributed by atoms with E-state index in [0.717, 1.165) is 17.3 Å². The number of ether oxygens (including phenoxy) is 1. The maximum atomic E-state index is 5.70. The highest BCUT2D eigenvalue weighted by molar-refractivity contribution is 7.80. The van der Waals surface area contributed by atoms with Crippen LogP contribution >= 0.6 is 23.6 Å². The third-order valence-corrected chi connectivity index (χ3v) is 5.31. The molecule has 0 unspecified atom stereocenters. The summed E-state index contributed by atoms with van der Waals surface area (Å²) in [5.41, 5.74) is 3.49. The van der Waals surface area contributed by atoms with Crippen LogP contribution < -0.4 is 5.32 Å². The van der Waals surface area contributed by atoms with Gasteiger partial charge in [-0.3, -0.25) is 0 Å². The highest BCUT2D eigenvalue weighted by atomic mass is 32.1. The summed E-state index contributed by atoms with van der Waals surface area (Å²) in [7, 11) is 1.72. The van der Waals surface area contributed by atoms with Crippen molar-refractivity contribution < 1.29 is 4.74 Å². The van der Waals surface area contributed by atoms with Gasteiger partial charge in [0.25, 0.3) is 0 Å². The number of hydrogen-bond donors (Lipinski definition) is 1.